The third kappa shape index (κ3) is 3.70. The van der Waals surface area contributed by atoms with Gasteiger partial charge in [-0.05, 0) is 11.6 Å². The van der Waals surface area contributed by atoms with Gasteiger partial charge >= 0.3 is 0 Å². The van der Waals surface area contributed by atoms with Gasteiger partial charge in [0.05, 0.1) is 5.82 Å². The number of hydrogen-bond donors (Lipinski definition) is 4. The van der Waals surface area contributed by atoms with E-state index < -0.39 is 12.0 Å². The molecule has 5 N–H and O–H groups in total. The Morgan fingerprint density at radius 1 is 1.68 bits per heavy atom. The van der Waals surface area contributed by atoms with Crippen molar-refractivity contribution in [1.29, 1.82) is 5.41 Å². The molecule has 22 heavy (non-hydrogen) atoms. The Kier molecular flexibility index (Phi) is 4.60. The average Bonchev–Trinajstić information content (AvgIpc) is 3.05. The monoisotopic (exact) mass is 310 g/mol. The number of rotatable bonds is 6. The summed E-state index contributed by atoms with van der Waals surface area (Å²) in [5, 5.41) is 10.2. The number of nitrogens with two attached hydrogens (primary N) is 1. The minimum atomic E-state index is -2.83. The van der Waals surface area contributed by atoms with Gasteiger partial charge in [-0.15, -0.1) is 0 Å². The van der Waals surface area contributed by atoms with Crippen LogP contribution in [0.4, 0.5) is 8.78 Å². The van der Waals surface area contributed by atoms with Gasteiger partial charge in [0.15, 0.2) is 0 Å². The first-order valence-electron chi connectivity index (χ1n) is 6.86. The van der Waals surface area contributed by atoms with Crippen molar-refractivity contribution in [2.45, 2.75) is 25.4 Å². The van der Waals surface area contributed by atoms with Gasteiger partial charge in [0, 0.05) is 44.7 Å². The number of nitrogens with one attached hydrogen (secondary N) is 3. The lowest BCUT2D eigenvalue weighted by molar-refractivity contribution is -0.00972. The average molecular weight is 310 g/mol. The number of halogens is 2. The van der Waals surface area contributed by atoms with Crippen LogP contribution in [0.2, 0.25) is 0 Å². The van der Waals surface area contributed by atoms with E-state index in [4.69, 9.17) is 11.1 Å². The summed E-state index contributed by atoms with van der Waals surface area (Å²) in [7, 11) is 0. The van der Waals surface area contributed by atoms with Crippen LogP contribution in [0.3, 0.4) is 0 Å². The van der Waals surface area contributed by atoms with Gasteiger partial charge in [0.2, 0.25) is 0 Å². The molecule has 0 aromatic carbocycles. The Morgan fingerprint density at radius 3 is 2.91 bits per heavy atom. The zero-order valence-electron chi connectivity index (χ0n) is 12.4. The fraction of sp³-hybridized carbons (Fsp3) is 0.429. The van der Waals surface area contributed by atoms with Crippen molar-refractivity contribution in [2.75, 3.05) is 13.1 Å². The molecule has 120 valence electrons. The van der Waals surface area contributed by atoms with Crippen LogP contribution < -0.4 is 11.1 Å². The minimum absolute atomic E-state index is 0.139. The summed E-state index contributed by atoms with van der Waals surface area (Å²) in [6.07, 6.45) is 4.49. The first kappa shape index (κ1) is 16.2. The molecule has 1 aromatic rings. The highest BCUT2D eigenvalue weighted by Gasteiger charge is 2.40. The SMILES string of the molecule is C=C1NC(C(C)(F)F)CN1C/C(C=N)=C/c1ncc(CN)[nH]1. The van der Waals surface area contributed by atoms with Crippen molar-refractivity contribution in [3.8, 4) is 0 Å². The minimum Gasteiger partial charge on any atom is -0.362 e. The lowest BCUT2D eigenvalue weighted by Gasteiger charge is -2.19. The molecule has 1 aliphatic heterocycles. The Morgan fingerprint density at radius 2 is 2.41 bits per heavy atom. The van der Waals surface area contributed by atoms with E-state index in [1.165, 1.54) is 6.21 Å². The normalized spacial score (nSPS) is 19.5. The van der Waals surface area contributed by atoms with E-state index in [2.05, 4.69) is 21.9 Å². The zero-order chi connectivity index (χ0) is 16.3. The van der Waals surface area contributed by atoms with E-state index in [0.29, 0.717) is 30.3 Å². The third-order valence-corrected chi connectivity index (χ3v) is 3.49. The van der Waals surface area contributed by atoms with Crippen LogP contribution in [0, 0.1) is 5.41 Å². The lowest BCUT2D eigenvalue weighted by atomic mass is 10.2. The topological polar surface area (TPSA) is 93.8 Å². The van der Waals surface area contributed by atoms with Crippen molar-refractivity contribution in [1.82, 2.24) is 20.2 Å². The summed E-state index contributed by atoms with van der Waals surface area (Å²) in [6.45, 7) is 5.42. The molecular weight excluding hydrogens is 290 g/mol. The summed E-state index contributed by atoms with van der Waals surface area (Å²) in [5.74, 6) is -1.82. The number of hydrogen-bond acceptors (Lipinski definition) is 5. The van der Waals surface area contributed by atoms with Crippen LogP contribution in [-0.4, -0.2) is 46.1 Å². The predicted molar refractivity (Wildman–Crippen MR) is 81.5 cm³/mol. The molecule has 0 spiro atoms. The molecular formula is C14H20F2N6. The highest BCUT2D eigenvalue weighted by atomic mass is 19.3. The van der Waals surface area contributed by atoms with Gasteiger partial charge in [-0.2, -0.15) is 0 Å². The van der Waals surface area contributed by atoms with Gasteiger partial charge in [0.25, 0.3) is 5.92 Å². The molecule has 1 aromatic heterocycles. The van der Waals surface area contributed by atoms with Crippen molar-refractivity contribution in [3.63, 3.8) is 0 Å². The third-order valence-electron chi connectivity index (χ3n) is 3.49. The molecule has 0 bridgehead atoms. The predicted octanol–water partition coefficient (Wildman–Crippen LogP) is 1.30. The first-order chi connectivity index (χ1) is 10.3. The molecule has 0 amide bonds. The number of aromatic nitrogens is 2. The summed E-state index contributed by atoms with van der Waals surface area (Å²) in [4.78, 5) is 8.82. The van der Waals surface area contributed by atoms with Gasteiger partial charge < -0.3 is 26.3 Å². The maximum atomic E-state index is 13.4. The zero-order valence-corrected chi connectivity index (χ0v) is 12.4. The standard InChI is InChI=1S/C14H20F2N6/c1-9-20-12(14(2,15)16)8-22(9)7-10(4-17)3-13-19-6-11(5-18)21-13/h3-4,6,12,17,20H,1,5,7-8,18H2,2H3,(H,19,21)/b10-3+,17-4?. The molecule has 1 aliphatic rings. The Hall–Kier alpha value is -2.22. The van der Waals surface area contributed by atoms with Crippen LogP contribution in [-0.2, 0) is 6.54 Å². The van der Waals surface area contributed by atoms with E-state index in [1.54, 1.807) is 17.2 Å². The second-order valence-electron chi connectivity index (χ2n) is 5.34. The van der Waals surface area contributed by atoms with Crippen LogP contribution in [0.15, 0.2) is 24.2 Å². The molecule has 2 rings (SSSR count). The number of aromatic amines is 1. The van der Waals surface area contributed by atoms with Crippen molar-refractivity contribution in [3.05, 3.63) is 35.7 Å². The summed E-state index contributed by atoms with van der Waals surface area (Å²) >= 11 is 0. The molecule has 0 saturated carbocycles. The van der Waals surface area contributed by atoms with Crippen molar-refractivity contribution < 1.29 is 8.78 Å². The highest BCUT2D eigenvalue weighted by Crippen LogP contribution is 2.25. The Labute approximate surface area is 127 Å². The lowest BCUT2D eigenvalue weighted by Crippen LogP contribution is -2.40. The Bertz CT molecular complexity index is 586. The molecule has 1 unspecified atom stereocenters. The van der Waals surface area contributed by atoms with Crippen molar-refractivity contribution >= 4 is 12.3 Å². The second kappa shape index (κ2) is 6.27. The first-order valence-corrected chi connectivity index (χ1v) is 6.86. The molecule has 1 fully saturated rings. The molecule has 6 nitrogen and oxygen atoms in total. The van der Waals surface area contributed by atoms with E-state index in [1.807, 2.05) is 0 Å². The van der Waals surface area contributed by atoms with Gasteiger partial charge in [-0.3, -0.25) is 0 Å². The Balaban J connectivity index is 2.07. The van der Waals surface area contributed by atoms with Crippen LogP contribution in [0.5, 0.6) is 0 Å². The molecule has 8 heteroatoms. The molecule has 0 aliphatic carbocycles. The second-order valence-corrected chi connectivity index (χ2v) is 5.34. The van der Waals surface area contributed by atoms with E-state index in [0.717, 1.165) is 12.6 Å². The number of H-pyrrole nitrogens is 1. The fourth-order valence-electron chi connectivity index (χ4n) is 2.20. The largest absolute Gasteiger partial charge is 0.362 e. The number of nitrogens with zero attached hydrogens (tertiary/aromatic N) is 2. The smallest absolute Gasteiger partial charge is 0.266 e. The summed E-state index contributed by atoms with van der Waals surface area (Å²) < 4.78 is 26.7. The van der Waals surface area contributed by atoms with Crippen LogP contribution >= 0.6 is 0 Å². The van der Waals surface area contributed by atoms with Crippen LogP contribution in [0.1, 0.15) is 18.4 Å². The van der Waals surface area contributed by atoms with Crippen LogP contribution in [0.25, 0.3) is 6.08 Å². The quantitative estimate of drug-likeness (QED) is 0.596. The molecule has 1 atom stereocenters. The van der Waals surface area contributed by atoms with E-state index in [9.17, 15) is 8.78 Å². The van der Waals surface area contributed by atoms with E-state index >= 15 is 0 Å². The fourth-order valence-corrected chi connectivity index (χ4v) is 2.20. The van der Waals surface area contributed by atoms with Gasteiger partial charge in [-0.1, -0.05) is 6.58 Å². The van der Waals surface area contributed by atoms with Gasteiger partial charge in [-0.25, -0.2) is 13.8 Å². The maximum Gasteiger partial charge on any atom is 0.266 e. The summed E-state index contributed by atoms with van der Waals surface area (Å²) in [6, 6.07) is -0.973. The summed E-state index contributed by atoms with van der Waals surface area (Å²) in [5.41, 5.74) is 6.91. The molecule has 1 saturated heterocycles. The highest BCUT2D eigenvalue weighted by molar-refractivity contribution is 5.83. The molecule has 2 heterocycles. The maximum absolute atomic E-state index is 13.4. The van der Waals surface area contributed by atoms with Crippen molar-refractivity contribution in [2.24, 2.45) is 5.73 Å². The number of alkyl halides is 2. The number of imidazole rings is 1. The van der Waals surface area contributed by atoms with E-state index in [-0.39, 0.29) is 6.54 Å². The van der Waals surface area contributed by atoms with Gasteiger partial charge in [0.1, 0.15) is 11.9 Å². The molecule has 0 radical (unpaired) electrons.